The predicted octanol–water partition coefficient (Wildman–Crippen LogP) is 3.36. The highest BCUT2D eigenvalue weighted by Crippen LogP contribution is 2.34. The first kappa shape index (κ1) is 9.25. The normalized spacial score (nSPS) is 13.1. The molecule has 0 radical (unpaired) electrons. The Labute approximate surface area is 97.7 Å². The fourth-order valence-corrected chi connectivity index (χ4v) is 3.16. The largest absolute Gasteiger partial charge is 0.276 e. The van der Waals surface area contributed by atoms with Crippen LogP contribution in [0.4, 0.5) is 0 Å². The van der Waals surface area contributed by atoms with Gasteiger partial charge in [-0.25, -0.2) is 0 Å². The highest BCUT2D eigenvalue weighted by Gasteiger charge is 2.24. The lowest BCUT2D eigenvalue weighted by molar-refractivity contribution is -0.663. The van der Waals surface area contributed by atoms with Crippen molar-refractivity contribution >= 4 is 23.4 Å². The molecule has 0 amide bonds. The molecule has 0 fully saturated rings. The first-order valence-electron chi connectivity index (χ1n) is 4.77. The summed E-state index contributed by atoms with van der Waals surface area (Å²) in [6.07, 6.45) is 0. The van der Waals surface area contributed by atoms with Gasteiger partial charge in [0, 0.05) is 17.0 Å². The molecule has 0 aliphatic carbocycles. The first-order chi connectivity index (χ1) is 7.36. The minimum absolute atomic E-state index is 0.800. The molecule has 0 N–H and O–H groups in total. The van der Waals surface area contributed by atoms with Gasteiger partial charge in [-0.15, -0.1) is 0 Å². The summed E-state index contributed by atoms with van der Waals surface area (Å²) in [4.78, 5) is 1.33. The van der Waals surface area contributed by atoms with Crippen LogP contribution in [-0.2, 0) is 5.88 Å². The van der Waals surface area contributed by atoms with Crippen LogP contribution in [0.25, 0.3) is 11.3 Å². The molecule has 1 aliphatic heterocycles. The molecule has 74 valence electrons. The van der Waals surface area contributed by atoms with Crippen LogP contribution in [0.2, 0.25) is 5.15 Å². The van der Waals surface area contributed by atoms with Crippen LogP contribution in [0.1, 0.15) is 0 Å². The van der Waals surface area contributed by atoms with Gasteiger partial charge in [-0.3, -0.25) is 0 Å². The lowest BCUT2D eigenvalue weighted by Gasteiger charge is -2.13. The quantitative estimate of drug-likeness (QED) is 0.500. The Morgan fingerprint density at radius 3 is 2.87 bits per heavy atom. The molecule has 0 unspecified atom stereocenters. The van der Waals surface area contributed by atoms with Crippen molar-refractivity contribution in [1.29, 1.82) is 0 Å². The van der Waals surface area contributed by atoms with Gasteiger partial charge in [0.15, 0.2) is 0 Å². The summed E-state index contributed by atoms with van der Waals surface area (Å²) in [7, 11) is 0. The van der Waals surface area contributed by atoms with Crippen molar-refractivity contribution in [3.63, 3.8) is 0 Å². The van der Waals surface area contributed by atoms with E-state index in [0.29, 0.717) is 0 Å². The van der Waals surface area contributed by atoms with Gasteiger partial charge in [0.1, 0.15) is 0 Å². The van der Waals surface area contributed by atoms with E-state index in [9.17, 15) is 0 Å². The van der Waals surface area contributed by atoms with Gasteiger partial charge >= 0.3 is 0 Å². The summed E-state index contributed by atoms with van der Waals surface area (Å²) in [6.45, 7) is 0. The van der Waals surface area contributed by atoms with Crippen molar-refractivity contribution < 1.29 is 4.57 Å². The second-order valence-electron chi connectivity index (χ2n) is 3.43. The fourth-order valence-electron chi connectivity index (χ4n) is 1.82. The van der Waals surface area contributed by atoms with Crippen LogP contribution in [0.5, 0.6) is 0 Å². The highest BCUT2D eigenvalue weighted by molar-refractivity contribution is 7.98. The van der Waals surface area contributed by atoms with Gasteiger partial charge in [0.2, 0.25) is 11.6 Å². The monoisotopic (exact) mass is 234 g/mol. The summed E-state index contributed by atoms with van der Waals surface area (Å²) in [6, 6.07) is 14.5. The van der Waals surface area contributed by atoms with Crippen LogP contribution < -0.4 is 4.57 Å². The maximum absolute atomic E-state index is 6.16. The summed E-state index contributed by atoms with van der Waals surface area (Å²) >= 11 is 7.98. The molecular formula is C12H9ClNS+. The summed E-state index contributed by atoms with van der Waals surface area (Å²) in [5, 5.41) is 0.800. The van der Waals surface area contributed by atoms with Gasteiger partial charge in [0.25, 0.3) is 5.15 Å². The SMILES string of the molecule is Clc1cccc2[n+]1CSc1ccccc1-2. The Hall–Kier alpha value is -0.990. The zero-order valence-corrected chi connectivity index (χ0v) is 9.55. The van der Waals surface area contributed by atoms with E-state index >= 15 is 0 Å². The lowest BCUT2D eigenvalue weighted by Crippen LogP contribution is -2.38. The highest BCUT2D eigenvalue weighted by atomic mass is 35.5. The zero-order chi connectivity index (χ0) is 10.3. The number of aromatic nitrogens is 1. The molecule has 1 aromatic carbocycles. The molecule has 1 nitrogen and oxygen atoms in total. The van der Waals surface area contributed by atoms with Crippen LogP contribution in [0.3, 0.4) is 0 Å². The van der Waals surface area contributed by atoms with E-state index in [1.165, 1.54) is 16.2 Å². The van der Waals surface area contributed by atoms with Crippen LogP contribution in [0, 0.1) is 0 Å². The Balaban J connectivity index is 2.30. The van der Waals surface area contributed by atoms with Crippen molar-refractivity contribution in [2.24, 2.45) is 0 Å². The Morgan fingerprint density at radius 1 is 1.07 bits per heavy atom. The number of pyridine rings is 1. The third-order valence-electron chi connectivity index (χ3n) is 2.55. The van der Waals surface area contributed by atoms with Crippen LogP contribution in [-0.4, -0.2) is 0 Å². The third kappa shape index (κ3) is 1.45. The number of nitrogens with zero attached hydrogens (tertiary/aromatic N) is 1. The number of hydrogen-bond acceptors (Lipinski definition) is 1. The third-order valence-corrected chi connectivity index (χ3v) is 3.93. The molecule has 2 aromatic rings. The second-order valence-corrected chi connectivity index (χ2v) is 4.81. The molecule has 0 atom stereocenters. The maximum atomic E-state index is 6.16. The van der Waals surface area contributed by atoms with Crippen molar-refractivity contribution in [3.05, 3.63) is 47.6 Å². The van der Waals surface area contributed by atoms with Gasteiger partial charge in [0.05, 0.1) is 5.56 Å². The maximum Gasteiger partial charge on any atom is 0.276 e. The zero-order valence-electron chi connectivity index (χ0n) is 7.98. The average Bonchev–Trinajstić information content (AvgIpc) is 2.29. The Morgan fingerprint density at radius 2 is 1.93 bits per heavy atom. The summed E-state index contributed by atoms with van der Waals surface area (Å²) in [5.41, 5.74) is 2.48. The summed E-state index contributed by atoms with van der Waals surface area (Å²) < 4.78 is 2.13. The topological polar surface area (TPSA) is 3.88 Å². The van der Waals surface area contributed by atoms with E-state index in [0.717, 1.165) is 11.0 Å². The average molecular weight is 235 g/mol. The van der Waals surface area contributed by atoms with Gasteiger partial charge in [-0.2, -0.15) is 4.57 Å². The van der Waals surface area contributed by atoms with Gasteiger partial charge in [-0.05, 0) is 29.8 Å². The number of thioether (sulfide) groups is 1. The predicted molar refractivity (Wildman–Crippen MR) is 62.9 cm³/mol. The Bertz CT molecular complexity index is 525. The molecule has 0 saturated carbocycles. The molecule has 3 heteroatoms. The standard InChI is InChI=1S/C12H9ClNS/c13-12-7-3-5-10-9-4-1-2-6-11(9)15-8-14(10)12/h1-7H,8H2/q+1. The second kappa shape index (κ2) is 3.54. The van der Waals surface area contributed by atoms with Crippen molar-refractivity contribution in [3.8, 4) is 11.3 Å². The van der Waals surface area contributed by atoms with E-state index in [2.05, 4.69) is 34.9 Å². The molecule has 2 heterocycles. The first-order valence-corrected chi connectivity index (χ1v) is 6.13. The molecule has 1 aliphatic rings. The van der Waals surface area contributed by atoms with Crippen LogP contribution in [0.15, 0.2) is 47.4 Å². The number of halogens is 1. The minimum atomic E-state index is 0.800. The van der Waals surface area contributed by atoms with Gasteiger partial charge < -0.3 is 0 Å². The minimum Gasteiger partial charge on any atom is -0.171 e. The van der Waals surface area contributed by atoms with Crippen LogP contribution >= 0.6 is 23.4 Å². The molecule has 0 saturated heterocycles. The molecule has 0 bridgehead atoms. The van der Waals surface area contributed by atoms with Gasteiger partial charge in [-0.1, -0.05) is 23.9 Å². The summed E-state index contributed by atoms with van der Waals surface area (Å²) in [5.74, 6) is 0.895. The number of fused-ring (bicyclic) bond motifs is 3. The fraction of sp³-hybridized carbons (Fsp3) is 0.0833. The number of hydrogen-bond donors (Lipinski definition) is 0. The number of benzene rings is 1. The van der Waals surface area contributed by atoms with E-state index in [-0.39, 0.29) is 0 Å². The molecule has 3 rings (SSSR count). The molecule has 15 heavy (non-hydrogen) atoms. The molecule has 0 spiro atoms. The van der Waals surface area contributed by atoms with Crippen molar-refractivity contribution in [1.82, 2.24) is 0 Å². The van der Waals surface area contributed by atoms with Crippen molar-refractivity contribution in [2.75, 3.05) is 0 Å². The van der Waals surface area contributed by atoms with E-state index in [4.69, 9.17) is 11.6 Å². The van der Waals surface area contributed by atoms with E-state index in [1.807, 2.05) is 23.9 Å². The number of rotatable bonds is 0. The molecule has 1 aromatic heterocycles. The molecular weight excluding hydrogens is 226 g/mol. The van der Waals surface area contributed by atoms with E-state index in [1.54, 1.807) is 0 Å². The Kier molecular flexibility index (Phi) is 2.19. The van der Waals surface area contributed by atoms with Crippen molar-refractivity contribution in [2.45, 2.75) is 10.8 Å². The smallest absolute Gasteiger partial charge is 0.171 e. The van der Waals surface area contributed by atoms with E-state index < -0.39 is 0 Å². The lowest BCUT2D eigenvalue weighted by atomic mass is 10.1.